The lowest BCUT2D eigenvalue weighted by molar-refractivity contribution is 0.769. The summed E-state index contributed by atoms with van der Waals surface area (Å²) in [5, 5.41) is 4.62. The van der Waals surface area contributed by atoms with E-state index in [-0.39, 0.29) is 0 Å². The fourth-order valence-electron chi connectivity index (χ4n) is 9.76. The molecule has 0 unspecified atom stereocenters. The number of hydrogen-bond donors (Lipinski definition) is 0. The van der Waals surface area contributed by atoms with Crippen LogP contribution in [-0.2, 0) is 5.41 Å². The van der Waals surface area contributed by atoms with Crippen LogP contribution in [-0.4, -0.2) is 15.0 Å². The molecule has 63 heavy (non-hydrogen) atoms. The van der Waals surface area contributed by atoms with Crippen molar-refractivity contribution in [3.63, 3.8) is 0 Å². The van der Waals surface area contributed by atoms with E-state index in [1.165, 1.54) is 44.2 Å². The van der Waals surface area contributed by atoms with E-state index in [4.69, 9.17) is 15.0 Å². The summed E-state index contributed by atoms with van der Waals surface area (Å²) in [6.45, 7) is 0. The molecular formula is C60H39N3. The Bertz CT molecular complexity index is 3370. The van der Waals surface area contributed by atoms with Crippen molar-refractivity contribution in [2.24, 2.45) is 0 Å². The minimum Gasteiger partial charge on any atom is -0.208 e. The summed E-state index contributed by atoms with van der Waals surface area (Å²) in [6.07, 6.45) is 0. The third-order valence-electron chi connectivity index (χ3n) is 12.7. The number of hydrogen-bond acceptors (Lipinski definition) is 3. The molecule has 0 N–H and O–H groups in total. The van der Waals surface area contributed by atoms with Crippen LogP contribution in [0.25, 0.3) is 89.1 Å². The van der Waals surface area contributed by atoms with Gasteiger partial charge in [-0.25, -0.2) is 15.0 Å². The van der Waals surface area contributed by atoms with Gasteiger partial charge in [-0.05, 0) is 114 Å². The highest BCUT2D eigenvalue weighted by Crippen LogP contribution is 2.56. The van der Waals surface area contributed by atoms with Gasteiger partial charge in [0.25, 0.3) is 0 Å². The van der Waals surface area contributed by atoms with Crippen LogP contribution >= 0.6 is 0 Å². The molecule has 0 atom stereocenters. The Hall–Kier alpha value is -8.27. The summed E-state index contributed by atoms with van der Waals surface area (Å²) in [5.41, 5.74) is 14.2. The fraction of sp³-hybridized carbons (Fsp3) is 0.0167. The van der Waals surface area contributed by atoms with Crippen molar-refractivity contribution in [1.29, 1.82) is 0 Å². The van der Waals surface area contributed by atoms with E-state index in [0.717, 1.165) is 49.7 Å². The molecule has 1 aromatic heterocycles. The molecule has 12 rings (SSSR count). The molecule has 1 heterocycles. The zero-order chi connectivity index (χ0) is 41.7. The summed E-state index contributed by atoms with van der Waals surface area (Å²) >= 11 is 0. The molecule has 294 valence electrons. The lowest BCUT2D eigenvalue weighted by Gasteiger charge is -2.34. The molecule has 1 aliphatic rings. The second-order valence-electron chi connectivity index (χ2n) is 16.4. The van der Waals surface area contributed by atoms with E-state index < -0.39 is 5.41 Å². The first-order chi connectivity index (χ1) is 31.2. The largest absolute Gasteiger partial charge is 0.208 e. The molecule has 0 saturated carbocycles. The number of fused-ring (bicyclic) bond motifs is 5. The van der Waals surface area contributed by atoms with Gasteiger partial charge in [-0.3, -0.25) is 0 Å². The van der Waals surface area contributed by atoms with E-state index in [2.05, 4.69) is 237 Å². The van der Waals surface area contributed by atoms with E-state index >= 15 is 0 Å². The third-order valence-corrected chi connectivity index (χ3v) is 12.7. The molecule has 0 aliphatic heterocycles. The van der Waals surface area contributed by atoms with Crippen molar-refractivity contribution >= 4 is 21.5 Å². The van der Waals surface area contributed by atoms with Crippen LogP contribution in [0.4, 0.5) is 0 Å². The minimum absolute atomic E-state index is 0.512. The van der Waals surface area contributed by atoms with Gasteiger partial charge in [-0.15, -0.1) is 0 Å². The molecule has 11 aromatic rings. The average molecular weight is 802 g/mol. The van der Waals surface area contributed by atoms with Gasteiger partial charge in [-0.1, -0.05) is 200 Å². The summed E-state index contributed by atoms with van der Waals surface area (Å²) < 4.78 is 0. The summed E-state index contributed by atoms with van der Waals surface area (Å²) in [6, 6.07) is 85.0. The highest BCUT2D eigenvalue weighted by atomic mass is 15.0. The standard InChI is InChI=1S/C60H39N3/c1-4-16-40(17-5-1)48-36-49(45-32-33-54-53-26-14-15-27-55(53)60(56(54)39-45,51-22-6-2-7-23-51)52-24-8-3-9-25-52)38-50(37-48)59-62-57(46-30-28-41-18-10-12-20-43(41)34-46)61-58(63-59)47-31-29-42-19-11-13-21-44(42)35-47/h1-39H. The molecule has 3 nitrogen and oxygen atoms in total. The van der Waals surface area contributed by atoms with Crippen molar-refractivity contribution in [2.75, 3.05) is 0 Å². The Labute approximate surface area is 366 Å². The number of rotatable bonds is 7. The number of nitrogens with zero attached hydrogens (tertiary/aromatic N) is 3. The average Bonchev–Trinajstić information content (AvgIpc) is 3.67. The first kappa shape index (κ1) is 36.6. The second-order valence-corrected chi connectivity index (χ2v) is 16.4. The maximum Gasteiger partial charge on any atom is 0.164 e. The van der Waals surface area contributed by atoms with E-state index in [0.29, 0.717) is 17.5 Å². The summed E-state index contributed by atoms with van der Waals surface area (Å²) in [4.78, 5) is 15.8. The molecular weight excluding hydrogens is 763 g/mol. The Morgan fingerprint density at radius 1 is 0.238 bits per heavy atom. The predicted molar refractivity (Wildman–Crippen MR) is 259 cm³/mol. The van der Waals surface area contributed by atoms with Crippen LogP contribution in [0.2, 0.25) is 0 Å². The molecule has 10 aromatic carbocycles. The van der Waals surface area contributed by atoms with Gasteiger partial charge < -0.3 is 0 Å². The van der Waals surface area contributed by atoms with Crippen LogP contribution in [0.15, 0.2) is 237 Å². The van der Waals surface area contributed by atoms with Gasteiger partial charge in [0.1, 0.15) is 0 Å². The Morgan fingerprint density at radius 2 is 0.667 bits per heavy atom. The molecule has 0 bridgehead atoms. The summed E-state index contributed by atoms with van der Waals surface area (Å²) in [7, 11) is 0. The molecule has 0 fully saturated rings. The van der Waals surface area contributed by atoms with Gasteiger partial charge in [-0.2, -0.15) is 0 Å². The second kappa shape index (κ2) is 15.0. The minimum atomic E-state index is -0.512. The monoisotopic (exact) mass is 801 g/mol. The molecule has 0 spiro atoms. The normalized spacial score (nSPS) is 12.6. The number of benzene rings is 10. The van der Waals surface area contributed by atoms with Crippen LogP contribution in [0.3, 0.4) is 0 Å². The zero-order valence-electron chi connectivity index (χ0n) is 34.4. The van der Waals surface area contributed by atoms with Crippen molar-refractivity contribution in [3.8, 4) is 67.5 Å². The van der Waals surface area contributed by atoms with Crippen molar-refractivity contribution < 1.29 is 0 Å². The molecule has 3 heteroatoms. The van der Waals surface area contributed by atoms with Gasteiger partial charge in [0.05, 0.1) is 5.41 Å². The van der Waals surface area contributed by atoms with Crippen LogP contribution in [0, 0.1) is 0 Å². The van der Waals surface area contributed by atoms with Gasteiger partial charge in [0.2, 0.25) is 0 Å². The lowest BCUT2D eigenvalue weighted by Crippen LogP contribution is -2.28. The Kier molecular flexibility index (Phi) is 8.72. The third kappa shape index (κ3) is 6.25. The van der Waals surface area contributed by atoms with Crippen molar-refractivity contribution in [1.82, 2.24) is 15.0 Å². The quantitative estimate of drug-likeness (QED) is 0.161. The number of aromatic nitrogens is 3. The molecule has 0 amide bonds. The van der Waals surface area contributed by atoms with Crippen LogP contribution in [0.1, 0.15) is 22.3 Å². The summed E-state index contributed by atoms with van der Waals surface area (Å²) in [5.74, 6) is 1.88. The smallest absolute Gasteiger partial charge is 0.164 e. The Balaban J connectivity index is 1.09. The van der Waals surface area contributed by atoms with Crippen molar-refractivity contribution in [2.45, 2.75) is 5.41 Å². The fourth-order valence-corrected chi connectivity index (χ4v) is 9.76. The Morgan fingerprint density at radius 3 is 1.25 bits per heavy atom. The topological polar surface area (TPSA) is 38.7 Å². The predicted octanol–water partition coefficient (Wildman–Crippen LogP) is 14.9. The zero-order valence-corrected chi connectivity index (χ0v) is 34.4. The molecule has 1 aliphatic carbocycles. The van der Waals surface area contributed by atoms with Crippen molar-refractivity contribution in [3.05, 3.63) is 259 Å². The van der Waals surface area contributed by atoms with Gasteiger partial charge >= 0.3 is 0 Å². The first-order valence-electron chi connectivity index (χ1n) is 21.5. The van der Waals surface area contributed by atoms with Gasteiger partial charge in [0.15, 0.2) is 17.5 Å². The van der Waals surface area contributed by atoms with Gasteiger partial charge in [0, 0.05) is 16.7 Å². The highest BCUT2D eigenvalue weighted by molar-refractivity contribution is 5.91. The van der Waals surface area contributed by atoms with E-state index in [1.807, 2.05) is 0 Å². The maximum atomic E-state index is 5.30. The molecule has 0 radical (unpaired) electrons. The SMILES string of the molecule is c1ccc(-c2cc(-c3ccc4c(c3)C(c3ccccc3)(c3ccccc3)c3ccccc3-4)cc(-c3nc(-c4ccc5ccccc5c4)nc(-c4ccc5ccccc5c4)n3)c2)cc1. The molecule has 0 saturated heterocycles. The van der Waals surface area contributed by atoms with E-state index in [9.17, 15) is 0 Å². The van der Waals surface area contributed by atoms with Crippen LogP contribution in [0.5, 0.6) is 0 Å². The maximum absolute atomic E-state index is 5.30. The van der Waals surface area contributed by atoms with E-state index in [1.54, 1.807) is 0 Å². The first-order valence-corrected chi connectivity index (χ1v) is 21.5. The van der Waals surface area contributed by atoms with Crippen LogP contribution < -0.4 is 0 Å². The highest BCUT2D eigenvalue weighted by Gasteiger charge is 2.46. The lowest BCUT2D eigenvalue weighted by atomic mass is 9.67.